The van der Waals surface area contributed by atoms with Crippen LogP contribution < -0.4 is 0 Å². The van der Waals surface area contributed by atoms with Gasteiger partial charge in [-0.2, -0.15) is 0 Å². The molecule has 0 N–H and O–H groups in total. The van der Waals surface area contributed by atoms with E-state index in [0.29, 0.717) is 17.8 Å². The fourth-order valence-electron chi connectivity index (χ4n) is 5.24. The summed E-state index contributed by atoms with van der Waals surface area (Å²) in [5.41, 5.74) is 7.25. The summed E-state index contributed by atoms with van der Waals surface area (Å²) in [7, 11) is 0. The molecule has 0 unspecified atom stereocenters. The first-order valence-electron chi connectivity index (χ1n) is 11.7. The van der Waals surface area contributed by atoms with Gasteiger partial charge in [0.1, 0.15) is 0 Å². The third-order valence-corrected chi connectivity index (χ3v) is 6.91. The second-order valence-corrected chi connectivity index (χ2v) is 10.0. The number of rotatable bonds is 4. The van der Waals surface area contributed by atoms with Crippen LogP contribution in [0.15, 0.2) is 66.7 Å². The second-order valence-electron chi connectivity index (χ2n) is 10.0. The average molecular weight is 405 g/mol. The summed E-state index contributed by atoms with van der Waals surface area (Å²) < 4.78 is 0. The van der Waals surface area contributed by atoms with Crippen molar-refractivity contribution >= 4 is 32.3 Å². The zero-order valence-electron chi connectivity index (χ0n) is 19.6. The lowest BCUT2D eigenvalue weighted by atomic mass is 9.79. The van der Waals surface area contributed by atoms with Crippen LogP contribution in [0.4, 0.5) is 0 Å². The van der Waals surface area contributed by atoms with Gasteiger partial charge in [-0.05, 0) is 84.0 Å². The van der Waals surface area contributed by atoms with Gasteiger partial charge in [-0.15, -0.1) is 0 Å². The highest BCUT2D eigenvalue weighted by molar-refractivity contribution is 6.26. The monoisotopic (exact) mass is 404 g/mol. The van der Waals surface area contributed by atoms with Crippen molar-refractivity contribution in [1.82, 2.24) is 0 Å². The third-order valence-electron chi connectivity index (χ3n) is 6.91. The molecule has 0 heterocycles. The second kappa shape index (κ2) is 7.38. The first-order valence-corrected chi connectivity index (χ1v) is 11.7. The molecule has 0 amide bonds. The van der Waals surface area contributed by atoms with Gasteiger partial charge in [-0.1, -0.05) is 102 Å². The van der Waals surface area contributed by atoms with Crippen LogP contribution in [0.1, 0.15) is 76.0 Å². The van der Waals surface area contributed by atoms with Gasteiger partial charge in [0.05, 0.1) is 0 Å². The largest absolute Gasteiger partial charge is 0.0610 e. The maximum absolute atomic E-state index is 2.47. The van der Waals surface area contributed by atoms with Gasteiger partial charge in [0.15, 0.2) is 0 Å². The minimum absolute atomic E-state index is 0.472. The summed E-state index contributed by atoms with van der Waals surface area (Å²) >= 11 is 0. The van der Waals surface area contributed by atoms with Crippen molar-refractivity contribution in [1.29, 1.82) is 0 Å². The Balaban J connectivity index is 1.98. The Bertz CT molecular complexity index is 1370. The van der Waals surface area contributed by atoms with Crippen LogP contribution in [0.3, 0.4) is 0 Å². The first-order chi connectivity index (χ1) is 14.9. The van der Waals surface area contributed by atoms with E-state index >= 15 is 0 Å². The van der Waals surface area contributed by atoms with Crippen molar-refractivity contribution in [3.05, 3.63) is 83.4 Å². The van der Waals surface area contributed by atoms with Crippen LogP contribution in [-0.4, -0.2) is 0 Å². The van der Waals surface area contributed by atoms with Crippen LogP contribution in [-0.2, 0) is 0 Å². The Morgan fingerprint density at radius 1 is 0.516 bits per heavy atom. The van der Waals surface area contributed by atoms with Crippen molar-refractivity contribution in [2.24, 2.45) is 0 Å². The molecule has 0 spiro atoms. The minimum Gasteiger partial charge on any atom is -0.0610 e. The van der Waals surface area contributed by atoms with E-state index in [4.69, 9.17) is 0 Å². The summed E-state index contributed by atoms with van der Waals surface area (Å²) in [6.07, 6.45) is 0. The molecule has 5 aromatic rings. The van der Waals surface area contributed by atoms with Crippen LogP contribution in [0, 0.1) is 0 Å². The van der Waals surface area contributed by atoms with E-state index in [2.05, 4.69) is 108 Å². The Morgan fingerprint density at radius 2 is 1.06 bits per heavy atom. The zero-order chi connectivity index (χ0) is 21.9. The normalized spacial score (nSPS) is 12.4. The summed E-state index contributed by atoms with van der Waals surface area (Å²) in [5, 5.41) is 8.19. The summed E-state index contributed by atoms with van der Waals surface area (Å²) in [6.45, 7) is 14.0. The molecule has 156 valence electrons. The van der Waals surface area contributed by atoms with E-state index < -0.39 is 0 Å². The molecule has 0 saturated carbocycles. The topological polar surface area (TPSA) is 0 Å². The lowest BCUT2D eigenvalue weighted by Gasteiger charge is -2.25. The molecule has 0 aromatic heterocycles. The zero-order valence-corrected chi connectivity index (χ0v) is 19.6. The molecular weight excluding hydrogens is 372 g/mol. The third kappa shape index (κ3) is 3.12. The van der Waals surface area contributed by atoms with Crippen molar-refractivity contribution in [2.75, 3.05) is 0 Å². The van der Waals surface area contributed by atoms with Gasteiger partial charge in [-0.3, -0.25) is 0 Å². The molecule has 0 heteroatoms. The number of benzene rings is 5. The Hall–Kier alpha value is -2.86. The van der Waals surface area contributed by atoms with Gasteiger partial charge in [0.25, 0.3) is 0 Å². The predicted octanol–water partition coefficient (Wildman–Crippen LogP) is 9.62. The molecule has 0 aliphatic carbocycles. The van der Waals surface area contributed by atoms with E-state index in [1.54, 1.807) is 0 Å². The Kier molecular flexibility index (Phi) is 4.77. The van der Waals surface area contributed by atoms with Crippen LogP contribution in [0.2, 0.25) is 0 Å². The van der Waals surface area contributed by atoms with Gasteiger partial charge in [-0.25, -0.2) is 0 Å². The van der Waals surface area contributed by atoms with Gasteiger partial charge < -0.3 is 0 Å². The maximum Gasteiger partial charge on any atom is -0.00206 e. The lowest BCUT2D eigenvalue weighted by Crippen LogP contribution is -2.04. The van der Waals surface area contributed by atoms with E-state index in [0.717, 1.165) is 0 Å². The smallest absolute Gasteiger partial charge is 0.00206 e. The van der Waals surface area contributed by atoms with Crippen molar-refractivity contribution in [3.8, 4) is 11.1 Å². The fraction of sp³-hybridized carbons (Fsp3) is 0.290. The highest BCUT2D eigenvalue weighted by atomic mass is 14.3. The molecule has 0 nitrogen and oxygen atoms in total. The number of hydrogen-bond donors (Lipinski definition) is 0. The molecule has 0 bridgehead atoms. The Labute approximate surface area is 186 Å². The molecule has 0 atom stereocenters. The molecule has 0 fully saturated rings. The molecule has 0 aliphatic heterocycles. The molecule has 0 aliphatic rings. The highest BCUT2D eigenvalue weighted by Crippen LogP contribution is 2.45. The minimum atomic E-state index is 0.472. The maximum atomic E-state index is 2.47. The molecule has 0 radical (unpaired) electrons. The average Bonchev–Trinajstić information content (AvgIpc) is 2.76. The van der Waals surface area contributed by atoms with Crippen LogP contribution in [0.25, 0.3) is 43.4 Å². The summed E-state index contributed by atoms with van der Waals surface area (Å²) in [5.74, 6) is 1.47. The SMILES string of the molecule is CC(C)c1cc(C(C)C)c(-c2cc3cccc4ccc5cccc2c5c43)c(C(C)C)c1. The van der Waals surface area contributed by atoms with Crippen LogP contribution in [0.5, 0.6) is 0 Å². The molecule has 31 heavy (non-hydrogen) atoms. The fourth-order valence-corrected chi connectivity index (χ4v) is 5.24. The van der Waals surface area contributed by atoms with Crippen molar-refractivity contribution < 1.29 is 0 Å². The number of hydrogen-bond acceptors (Lipinski definition) is 0. The van der Waals surface area contributed by atoms with Crippen molar-refractivity contribution in [2.45, 2.75) is 59.3 Å². The standard InChI is InChI=1S/C31H32/c1-18(2)24-16-26(19(3)4)31(27(17-24)20(5)6)28-15-23-11-7-9-21-13-14-22-10-8-12-25(28)30(22)29(21)23/h7-20H,1-6H3. The van der Waals surface area contributed by atoms with E-state index in [9.17, 15) is 0 Å². The van der Waals surface area contributed by atoms with Crippen molar-refractivity contribution in [3.63, 3.8) is 0 Å². The van der Waals surface area contributed by atoms with Gasteiger partial charge in [0.2, 0.25) is 0 Å². The van der Waals surface area contributed by atoms with Gasteiger partial charge in [0, 0.05) is 0 Å². The summed E-state index contributed by atoms with van der Waals surface area (Å²) in [6, 6.07) is 25.5. The van der Waals surface area contributed by atoms with Crippen LogP contribution >= 0.6 is 0 Å². The molecular formula is C31H32. The first kappa shape index (κ1) is 20.1. The van der Waals surface area contributed by atoms with E-state index in [-0.39, 0.29) is 0 Å². The molecule has 0 saturated heterocycles. The van der Waals surface area contributed by atoms with E-state index in [1.807, 2.05) is 0 Å². The van der Waals surface area contributed by atoms with E-state index in [1.165, 1.54) is 60.1 Å². The lowest BCUT2D eigenvalue weighted by molar-refractivity contribution is 0.808. The molecule has 5 rings (SSSR count). The quantitative estimate of drug-likeness (QED) is 0.261. The highest BCUT2D eigenvalue weighted by Gasteiger charge is 2.21. The Morgan fingerprint density at radius 3 is 1.65 bits per heavy atom. The van der Waals surface area contributed by atoms with Gasteiger partial charge >= 0.3 is 0 Å². The summed E-state index contributed by atoms with van der Waals surface area (Å²) in [4.78, 5) is 0. The molecule has 5 aromatic carbocycles. The predicted molar refractivity (Wildman–Crippen MR) is 138 cm³/mol.